The summed E-state index contributed by atoms with van der Waals surface area (Å²) in [6.45, 7) is 1.53. The maximum Gasteiger partial charge on any atom is 0.166 e. The Morgan fingerprint density at radius 1 is 1.04 bits per heavy atom. The van der Waals surface area contributed by atoms with Gasteiger partial charge in [0.25, 0.3) is 0 Å². The molecule has 134 valence electrons. The van der Waals surface area contributed by atoms with Gasteiger partial charge >= 0.3 is 0 Å². The summed E-state index contributed by atoms with van der Waals surface area (Å²) < 4.78 is 5.49. The lowest BCUT2D eigenvalue weighted by Gasteiger charge is -2.27. The van der Waals surface area contributed by atoms with Crippen LogP contribution in [-0.2, 0) is 6.42 Å². The van der Waals surface area contributed by atoms with Crippen molar-refractivity contribution in [3.05, 3.63) is 65.7 Å². The summed E-state index contributed by atoms with van der Waals surface area (Å²) in [4.78, 5) is 2.16. The molecule has 0 aromatic heterocycles. The van der Waals surface area contributed by atoms with Crippen LogP contribution in [0.5, 0.6) is 5.75 Å². The normalized spacial score (nSPS) is 11.8. The van der Waals surface area contributed by atoms with Crippen molar-refractivity contribution in [3.8, 4) is 5.75 Å². The highest BCUT2D eigenvalue weighted by Crippen LogP contribution is 2.27. The fourth-order valence-corrected chi connectivity index (χ4v) is 2.91. The molecule has 2 aromatic rings. The maximum atomic E-state index is 5.49. The van der Waals surface area contributed by atoms with Crippen molar-refractivity contribution in [1.29, 1.82) is 0 Å². The molecule has 0 saturated heterocycles. The van der Waals surface area contributed by atoms with Crippen LogP contribution in [0.4, 0.5) is 0 Å². The van der Waals surface area contributed by atoms with E-state index in [0.717, 1.165) is 24.3 Å². The highest BCUT2D eigenvalue weighted by molar-refractivity contribution is 7.80. The molecule has 5 heteroatoms. The van der Waals surface area contributed by atoms with Crippen LogP contribution >= 0.6 is 12.2 Å². The molecule has 0 aliphatic carbocycles. The molecule has 0 saturated carbocycles. The van der Waals surface area contributed by atoms with Gasteiger partial charge in [0.2, 0.25) is 0 Å². The maximum absolute atomic E-state index is 5.49. The van der Waals surface area contributed by atoms with Crippen molar-refractivity contribution in [1.82, 2.24) is 15.5 Å². The molecule has 2 aromatic carbocycles. The van der Waals surface area contributed by atoms with E-state index in [1.165, 1.54) is 5.56 Å². The molecule has 4 nitrogen and oxygen atoms in total. The smallest absolute Gasteiger partial charge is 0.166 e. The van der Waals surface area contributed by atoms with Crippen molar-refractivity contribution in [2.24, 2.45) is 0 Å². The van der Waals surface area contributed by atoms with Crippen molar-refractivity contribution < 1.29 is 4.74 Å². The zero-order valence-electron chi connectivity index (χ0n) is 15.2. The van der Waals surface area contributed by atoms with Crippen LogP contribution in [0.25, 0.3) is 0 Å². The van der Waals surface area contributed by atoms with Gasteiger partial charge in [0, 0.05) is 18.7 Å². The van der Waals surface area contributed by atoms with Crippen LogP contribution in [0, 0.1) is 0 Å². The Morgan fingerprint density at radius 3 is 2.40 bits per heavy atom. The van der Waals surface area contributed by atoms with E-state index in [4.69, 9.17) is 17.0 Å². The molecule has 2 N–H and O–H groups in total. The summed E-state index contributed by atoms with van der Waals surface area (Å²) in [5, 5.41) is 7.28. The highest BCUT2D eigenvalue weighted by atomic mass is 32.1. The minimum atomic E-state index is 0.171. The van der Waals surface area contributed by atoms with Gasteiger partial charge in [0.05, 0.1) is 13.2 Å². The molecule has 0 fully saturated rings. The Labute approximate surface area is 156 Å². The third kappa shape index (κ3) is 6.03. The van der Waals surface area contributed by atoms with E-state index >= 15 is 0 Å². The minimum Gasteiger partial charge on any atom is -0.496 e. The van der Waals surface area contributed by atoms with Crippen LogP contribution in [0.1, 0.15) is 17.2 Å². The topological polar surface area (TPSA) is 36.5 Å². The molecular formula is C20H27N3OS. The molecule has 2 rings (SSSR count). The van der Waals surface area contributed by atoms with Crippen LogP contribution in [0.2, 0.25) is 0 Å². The molecule has 0 radical (unpaired) electrons. The molecule has 0 aliphatic heterocycles. The lowest BCUT2D eigenvalue weighted by Crippen LogP contribution is -2.41. The number of nitrogens with one attached hydrogen (secondary N) is 2. The summed E-state index contributed by atoms with van der Waals surface area (Å²) in [6, 6.07) is 18.7. The Bertz CT molecular complexity index is 661. The second-order valence-electron chi connectivity index (χ2n) is 6.09. The van der Waals surface area contributed by atoms with Crippen LogP contribution in [0.15, 0.2) is 54.6 Å². The summed E-state index contributed by atoms with van der Waals surface area (Å²) in [5.41, 5.74) is 2.45. The predicted octanol–water partition coefficient (Wildman–Crippen LogP) is 3.00. The van der Waals surface area contributed by atoms with E-state index < -0.39 is 0 Å². The standard InChI is InChI=1S/C20H27N3OS/c1-23(2)18(17-11-7-8-12-19(17)24-3)15-22-20(25)21-14-13-16-9-5-4-6-10-16/h4-12,18H,13-15H2,1-3H3,(H2,21,22,25)/t18-/m0/s1. The second kappa shape index (κ2) is 10.0. The third-order valence-electron chi connectivity index (χ3n) is 4.12. The lowest BCUT2D eigenvalue weighted by atomic mass is 10.0. The van der Waals surface area contributed by atoms with Gasteiger partial charge in [-0.1, -0.05) is 48.5 Å². The fourth-order valence-electron chi connectivity index (χ4n) is 2.73. The molecule has 0 spiro atoms. The summed E-state index contributed by atoms with van der Waals surface area (Å²) >= 11 is 5.41. The van der Waals surface area contributed by atoms with E-state index in [2.05, 4.69) is 60.0 Å². The number of benzene rings is 2. The summed E-state index contributed by atoms with van der Waals surface area (Å²) in [5.74, 6) is 0.894. The Morgan fingerprint density at radius 2 is 1.72 bits per heavy atom. The van der Waals surface area contributed by atoms with Crippen molar-refractivity contribution in [2.75, 3.05) is 34.3 Å². The number of hydrogen-bond donors (Lipinski definition) is 2. The van der Waals surface area contributed by atoms with Crippen molar-refractivity contribution >= 4 is 17.3 Å². The van der Waals surface area contributed by atoms with Gasteiger partial charge in [0.15, 0.2) is 5.11 Å². The van der Waals surface area contributed by atoms with E-state index in [1.807, 2.05) is 24.3 Å². The lowest BCUT2D eigenvalue weighted by molar-refractivity contribution is 0.288. The van der Waals surface area contributed by atoms with Crippen molar-refractivity contribution in [2.45, 2.75) is 12.5 Å². The number of methoxy groups -OCH3 is 1. The number of rotatable bonds is 8. The number of hydrogen-bond acceptors (Lipinski definition) is 3. The molecule has 1 atom stereocenters. The fraction of sp³-hybridized carbons (Fsp3) is 0.350. The SMILES string of the molecule is COc1ccccc1[C@H](CNC(=S)NCCc1ccccc1)N(C)C. The minimum absolute atomic E-state index is 0.171. The first-order valence-corrected chi connectivity index (χ1v) is 8.87. The average molecular weight is 358 g/mol. The Kier molecular flexibility index (Phi) is 7.70. The predicted molar refractivity (Wildman–Crippen MR) is 108 cm³/mol. The van der Waals surface area contributed by atoms with Gasteiger partial charge < -0.3 is 20.3 Å². The van der Waals surface area contributed by atoms with Gasteiger partial charge in [-0.15, -0.1) is 0 Å². The Balaban J connectivity index is 1.85. The number of nitrogens with zero attached hydrogens (tertiary/aromatic N) is 1. The zero-order valence-corrected chi connectivity index (χ0v) is 16.0. The van der Waals surface area contributed by atoms with Crippen LogP contribution in [0.3, 0.4) is 0 Å². The van der Waals surface area contributed by atoms with Gasteiger partial charge in [-0.05, 0) is 44.4 Å². The largest absolute Gasteiger partial charge is 0.496 e. The van der Waals surface area contributed by atoms with Gasteiger partial charge in [-0.3, -0.25) is 0 Å². The number of para-hydroxylation sites is 1. The molecule has 25 heavy (non-hydrogen) atoms. The van der Waals surface area contributed by atoms with Gasteiger partial charge in [0.1, 0.15) is 5.75 Å². The van der Waals surface area contributed by atoms with E-state index in [-0.39, 0.29) is 6.04 Å². The molecule has 0 aliphatic rings. The third-order valence-corrected chi connectivity index (χ3v) is 4.41. The highest BCUT2D eigenvalue weighted by Gasteiger charge is 2.18. The number of ether oxygens (including phenoxy) is 1. The van der Waals surface area contributed by atoms with E-state index in [9.17, 15) is 0 Å². The number of likely N-dealkylation sites (N-methyl/N-ethyl adjacent to an activating group) is 1. The molecule has 0 amide bonds. The van der Waals surface area contributed by atoms with Gasteiger partial charge in [-0.2, -0.15) is 0 Å². The van der Waals surface area contributed by atoms with E-state index in [0.29, 0.717) is 11.7 Å². The van der Waals surface area contributed by atoms with Crippen molar-refractivity contribution in [3.63, 3.8) is 0 Å². The first kappa shape index (κ1) is 19.2. The molecule has 0 heterocycles. The molecular weight excluding hydrogens is 330 g/mol. The van der Waals surface area contributed by atoms with Crippen LogP contribution < -0.4 is 15.4 Å². The second-order valence-corrected chi connectivity index (χ2v) is 6.50. The van der Waals surface area contributed by atoms with E-state index in [1.54, 1.807) is 7.11 Å². The first-order chi connectivity index (χ1) is 12.1. The summed E-state index contributed by atoms with van der Waals surface area (Å²) in [6.07, 6.45) is 0.951. The number of thiocarbonyl (C=S) groups is 1. The van der Waals surface area contributed by atoms with Crippen LogP contribution in [-0.4, -0.2) is 44.3 Å². The van der Waals surface area contributed by atoms with Gasteiger partial charge in [-0.25, -0.2) is 0 Å². The molecule has 0 unspecified atom stereocenters. The quantitative estimate of drug-likeness (QED) is 0.711. The zero-order chi connectivity index (χ0) is 18.1. The first-order valence-electron chi connectivity index (χ1n) is 8.46. The summed E-state index contributed by atoms with van der Waals surface area (Å²) in [7, 11) is 5.82. The Hall–Kier alpha value is -2.11. The molecule has 0 bridgehead atoms. The monoisotopic (exact) mass is 357 g/mol. The average Bonchev–Trinajstić information content (AvgIpc) is 2.63.